The van der Waals surface area contributed by atoms with Gasteiger partial charge in [0.25, 0.3) is 0 Å². The lowest BCUT2D eigenvalue weighted by Crippen LogP contribution is -1.93. The van der Waals surface area contributed by atoms with Gasteiger partial charge in [0.1, 0.15) is 5.66 Å². The van der Waals surface area contributed by atoms with Gasteiger partial charge >= 0.3 is 7.60 Å². The Morgan fingerprint density at radius 3 is 2.62 bits per heavy atom. The second kappa shape index (κ2) is 2.81. The summed E-state index contributed by atoms with van der Waals surface area (Å²) in [6.45, 7) is 0. The molecular formula is C9H9O3P. The Kier molecular flexibility index (Phi) is 1.88. The summed E-state index contributed by atoms with van der Waals surface area (Å²) in [5, 5.41) is 0. The molecule has 0 spiro atoms. The normalized spacial score (nSPS) is 20.3. The lowest BCUT2D eigenvalue weighted by atomic mass is 10.1. The maximum Gasteiger partial charge on any atom is 0.336 e. The summed E-state index contributed by atoms with van der Waals surface area (Å²) in [5.74, 6) is 0. The molecule has 0 aromatic heterocycles. The number of rotatable bonds is 1. The van der Waals surface area contributed by atoms with Crippen molar-refractivity contribution in [1.29, 1.82) is 0 Å². The maximum atomic E-state index is 11.0. The summed E-state index contributed by atoms with van der Waals surface area (Å²) in [5.41, 5.74) is 0.871. The Balaban J connectivity index is 2.51. The van der Waals surface area contributed by atoms with E-state index in [-0.39, 0.29) is 0 Å². The highest BCUT2D eigenvalue weighted by Crippen LogP contribution is 2.55. The van der Waals surface area contributed by atoms with Crippen molar-refractivity contribution >= 4 is 13.7 Å². The summed E-state index contributed by atoms with van der Waals surface area (Å²) in [4.78, 5) is 18.0. The molecule has 1 atom stereocenters. The first-order valence-electron chi connectivity index (χ1n) is 3.91. The Morgan fingerprint density at radius 1 is 1.23 bits per heavy atom. The highest BCUT2D eigenvalue weighted by Gasteiger charge is 2.31. The van der Waals surface area contributed by atoms with Crippen molar-refractivity contribution in [2.24, 2.45) is 0 Å². The molecule has 0 heterocycles. The molecule has 0 saturated carbocycles. The molecule has 1 aromatic rings. The van der Waals surface area contributed by atoms with E-state index >= 15 is 0 Å². The largest absolute Gasteiger partial charge is 0.336 e. The third kappa shape index (κ3) is 1.46. The Labute approximate surface area is 75.9 Å². The van der Waals surface area contributed by atoms with Crippen LogP contribution < -0.4 is 0 Å². The molecule has 1 aliphatic carbocycles. The first-order chi connectivity index (χ1) is 6.09. The van der Waals surface area contributed by atoms with Gasteiger partial charge < -0.3 is 9.79 Å². The second-order valence-corrected chi connectivity index (χ2v) is 4.76. The van der Waals surface area contributed by atoms with Crippen LogP contribution in [0.15, 0.2) is 30.3 Å². The van der Waals surface area contributed by atoms with Crippen molar-refractivity contribution in [2.45, 2.75) is 5.66 Å². The van der Waals surface area contributed by atoms with E-state index in [4.69, 9.17) is 9.79 Å². The van der Waals surface area contributed by atoms with Gasteiger partial charge in [-0.15, -0.1) is 0 Å². The summed E-state index contributed by atoms with van der Waals surface area (Å²) in [6, 6.07) is 7.24. The smallest absolute Gasteiger partial charge is 0.324 e. The molecule has 4 heteroatoms. The van der Waals surface area contributed by atoms with E-state index in [0.29, 0.717) is 0 Å². The molecule has 1 aliphatic rings. The van der Waals surface area contributed by atoms with Crippen molar-refractivity contribution in [1.82, 2.24) is 0 Å². The van der Waals surface area contributed by atoms with Crippen molar-refractivity contribution < 1.29 is 14.4 Å². The van der Waals surface area contributed by atoms with Crippen LogP contribution in [-0.2, 0) is 4.57 Å². The van der Waals surface area contributed by atoms with E-state index in [1.165, 1.54) is 0 Å². The highest BCUT2D eigenvalue weighted by molar-refractivity contribution is 7.52. The van der Waals surface area contributed by atoms with E-state index in [2.05, 4.69) is 0 Å². The predicted octanol–water partition coefficient (Wildman–Crippen LogP) is 1.93. The molecule has 3 nitrogen and oxygen atoms in total. The van der Waals surface area contributed by atoms with Gasteiger partial charge in [-0.25, -0.2) is 0 Å². The van der Waals surface area contributed by atoms with E-state index in [0.717, 1.165) is 11.1 Å². The van der Waals surface area contributed by atoms with Crippen molar-refractivity contribution in [3.8, 4) is 0 Å². The molecule has 0 aliphatic heterocycles. The van der Waals surface area contributed by atoms with Gasteiger partial charge in [-0.1, -0.05) is 36.4 Å². The van der Waals surface area contributed by atoms with Crippen LogP contribution in [0.25, 0.3) is 6.08 Å². The zero-order valence-electron chi connectivity index (χ0n) is 6.79. The van der Waals surface area contributed by atoms with E-state index < -0.39 is 13.3 Å². The fraction of sp³-hybridized carbons (Fsp3) is 0.111. The molecule has 0 radical (unpaired) electrons. The van der Waals surface area contributed by atoms with Crippen LogP contribution in [0, 0.1) is 0 Å². The topological polar surface area (TPSA) is 57.5 Å². The van der Waals surface area contributed by atoms with Crippen LogP contribution in [0.5, 0.6) is 0 Å². The van der Waals surface area contributed by atoms with Gasteiger partial charge in [-0.3, -0.25) is 4.57 Å². The average Bonchev–Trinajstić information content (AvgIpc) is 2.45. The number of benzene rings is 1. The number of allylic oxidation sites excluding steroid dienone is 1. The standard InChI is InChI=1S/C9H9O3P/c10-13(11,12)9-6-5-7-3-1-2-4-8(7)9/h1-6,9H,(H2,10,11,12)/t9-/m0/s1. The summed E-state index contributed by atoms with van der Waals surface area (Å²) < 4.78 is 11.0. The number of hydrogen-bond acceptors (Lipinski definition) is 1. The third-order valence-corrected chi connectivity index (χ3v) is 3.31. The van der Waals surface area contributed by atoms with Gasteiger partial charge in [0.15, 0.2) is 0 Å². The monoisotopic (exact) mass is 196 g/mol. The quantitative estimate of drug-likeness (QED) is 0.674. The van der Waals surface area contributed by atoms with Crippen molar-refractivity contribution in [3.63, 3.8) is 0 Å². The summed E-state index contributed by atoms with van der Waals surface area (Å²) >= 11 is 0. The minimum absolute atomic E-state index is 0.718. The number of hydrogen-bond donors (Lipinski definition) is 2. The fourth-order valence-electron chi connectivity index (χ4n) is 1.52. The Morgan fingerprint density at radius 2 is 1.92 bits per heavy atom. The van der Waals surface area contributed by atoms with Crippen LogP contribution in [0.1, 0.15) is 16.8 Å². The van der Waals surface area contributed by atoms with Crippen LogP contribution in [0.3, 0.4) is 0 Å². The average molecular weight is 196 g/mol. The molecule has 0 bridgehead atoms. The van der Waals surface area contributed by atoms with Gasteiger partial charge in [0.05, 0.1) is 0 Å². The highest BCUT2D eigenvalue weighted by atomic mass is 31.2. The van der Waals surface area contributed by atoms with E-state index in [1.807, 2.05) is 12.1 Å². The first kappa shape index (κ1) is 8.70. The van der Waals surface area contributed by atoms with Crippen molar-refractivity contribution in [3.05, 3.63) is 41.5 Å². The minimum Gasteiger partial charge on any atom is -0.324 e. The van der Waals surface area contributed by atoms with Crippen LogP contribution in [-0.4, -0.2) is 9.79 Å². The molecular weight excluding hydrogens is 187 g/mol. The van der Waals surface area contributed by atoms with E-state index in [9.17, 15) is 4.57 Å². The lowest BCUT2D eigenvalue weighted by molar-refractivity contribution is 0.366. The van der Waals surface area contributed by atoms with Crippen LogP contribution >= 0.6 is 7.60 Å². The fourth-order valence-corrected chi connectivity index (χ4v) is 2.43. The molecule has 0 amide bonds. The Hall–Kier alpha value is -0.890. The molecule has 0 unspecified atom stereocenters. The zero-order valence-corrected chi connectivity index (χ0v) is 7.69. The van der Waals surface area contributed by atoms with Crippen LogP contribution in [0.4, 0.5) is 0 Å². The summed E-state index contributed by atoms with van der Waals surface area (Å²) in [7, 11) is -4.03. The molecule has 13 heavy (non-hydrogen) atoms. The van der Waals surface area contributed by atoms with Gasteiger partial charge in [-0.2, -0.15) is 0 Å². The molecule has 0 fully saturated rings. The lowest BCUT2D eigenvalue weighted by Gasteiger charge is -2.11. The van der Waals surface area contributed by atoms with Crippen molar-refractivity contribution in [2.75, 3.05) is 0 Å². The number of fused-ring (bicyclic) bond motifs is 1. The molecule has 0 saturated heterocycles. The van der Waals surface area contributed by atoms with Crippen LogP contribution in [0.2, 0.25) is 0 Å². The summed E-state index contributed by atoms with van der Waals surface area (Å²) in [6.07, 6.45) is 3.31. The zero-order chi connectivity index (χ0) is 9.47. The molecule has 2 rings (SSSR count). The second-order valence-electron chi connectivity index (χ2n) is 3.02. The SMILES string of the molecule is O=P(O)(O)[C@H]1C=Cc2ccccc21. The van der Waals surface area contributed by atoms with Gasteiger partial charge in [0, 0.05) is 0 Å². The third-order valence-electron chi connectivity index (χ3n) is 2.14. The maximum absolute atomic E-state index is 11.0. The van der Waals surface area contributed by atoms with Gasteiger partial charge in [-0.05, 0) is 11.1 Å². The molecule has 68 valence electrons. The molecule has 2 N–H and O–H groups in total. The predicted molar refractivity (Wildman–Crippen MR) is 50.3 cm³/mol. The van der Waals surface area contributed by atoms with E-state index in [1.54, 1.807) is 24.3 Å². The first-order valence-corrected chi connectivity index (χ1v) is 5.59. The molecule has 1 aromatic carbocycles. The van der Waals surface area contributed by atoms with Gasteiger partial charge in [0.2, 0.25) is 0 Å². The Bertz CT molecular complexity index is 405. The minimum atomic E-state index is -4.03.